The molecule has 1 unspecified atom stereocenters. The van der Waals surface area contributed by atoms with Crippen molar-refractivity contribution in [2.24, 2.45) is 0 Å². The lowest BCUT2D eigenvalue weighted by Crippen LogP contribution is -2.12. The molecule has 2 nitrogen and oxygen atoms in total. The quantitative estimate of drug-likeness (QED) is 0.612. The summed E-state index contributed by atoms with van der Waals surface area (Å²) in [5.74, 6) is 0.755. The second-order valence-electron chi connectivity index (χ2n) is 3.58. The Labute approximate surface area is 77.2 Å². The lowest BCUT2D eigenvalue weighted by molar-refractivity contribution is 0.297. The van der Waals surface area contributed by atoms with Gasteiger partial charge in [0.05, 0.1) is 5.69 Å². The molecule has 0 aliphatic heterocycles. The van der Waals surface area contributed by atoms with Gasteiger partial charge < -0.3 is 0 Å². The van der Waals surface area contributed by atoms with E-state index in [-0.39, 0.29) is 0 Å². The Bertz CT molecular complexity index is 336. The molecule has 0 bridgehead atoms. The van der Waals surface area contributed by atoms with Gasteiger partial charge in [-0.3, -0.25) is 0 Å². The fourth-order valence-corrected chi connectivity index (χ4v) is 1.98. The van der Waals surface area contributed by atoms with Gasteiger partial charge in [0, 0.05) is 11.3 Å². The van der Waals surface area contributed by atoms with Crippen LogP contribution in [0.25, 0.3) is 0 Å². The van der Waals surface area contributed by atoms with E-state index < -0.39 is 6.17 Å². The molecule has 1 heterocycles. The Morgan fingerprint density at radius 3 is 2.85 bits per heavy atom. The lowest BCUT2D eigenvalue weighted by atomic mass is 9.93. The van der Waals surface area contributed by atoms with Crippen molar-refractivity contribution in [1.82, 2.24) is 9.97 Å². The average Bonchev–Trinajstić information content (AvgIpc) is 2.02. The highest BCUT2D eigenvalue weighted by Gasteiger charge is 2.23. The lowest BCUT2D eigenvalue weighted by Gasteiger charge is -2.20. The van der Waals surface area contributed by atoms with Crippen molar-refractivity contribution in [1.29, 1.82) is 0 Å². The summed E-state index contributed by atoms with van der Waals surface area (Å²) in [5, 5.41) is 0. The minimum Gasteiger partial charge on any atom is -0.242 e. The smallest absolute Gasteiger partial charge is 0.129 e. The van der Waals surface area contributed by atoms with Gasteiger partial charge >= 0.3 is 0 Å². The molecule has 1 aliphatic rings. The highest BCUT2D eigenvalue weighted by atomic mass is 19.1. The van der Waals surface area contributed by atoms with Gasteiger partial charge in [0.1, 0.15) is 12.0 Å². The van der Waals surface area contributed by atoms with Gasteiger partial charge in [0.2, 0.25) is 0 Å². The fourth-order valence-electron chi connectivity index (χ4n) is 1.98. The second-order valence-corrected chi connectivity index (χ2v) is 3.58. The van der Waals surface area contributed by atoms with Crippen molar-refractivity contribution in [3.05, 3.63) is 22.8 Å². The van der Waals surface area contributed by atoms with Crippen molar-refractivity contribution in [2.75, 3.05) is 0 Å². The van der Waals surface area contributed by atoms with Gasteiger partial charge in [-0.1, -0.05) is 0 Å². The maximum absolute atomic E-state index is 13.5. The molecule has 0 radical (unpaired) electrons. The fraction of sp³-hybridized carbons (Fsp3) is 0.600. The minimum atomic E-state index is -0.843. The molecule has 0 saturated heterocycles. The third-order valence-electron chi connectivity index (χ3n) is 2.51. The van der Waals surface area contributed by atoms with E-state index in [0.29, 0.717) is 6.42 Å². The van der Waals surface area contributed by atoms with E-state index in [1.54, 1.807) is 0 Å². The van der Waals surface area contributed by atoms with E-state index in [0.717, 1.165) is 35.6 Å². The van der Waals surface area contributed by atoms with Crippen LogP contribution in [-0.2, 0) is 6.42 Å². The maximum Gasteiger partial charge on any atom is 0.129 e. The van der Waals surface area contributed by atoms with Crippen LogP contribution in [0.5, 0.6) is 0 Å². The van der Waals surface area contributed by atoms with Crippen LogP contribution in [0.3, 0.4) is 0 Å². The number of hydrogen-bond donors (Lipinski definition) is 0. The van der Waals surface area contributed by atoms with Gasteiger partial charge in [-0.05, 0) is 33.1 Å². The Kier molecular flexibility index (Phi) is 2.02. The second kappa shape index (κ2) is 3.05. The molecule has 0 fully saturated rings. The molecule has 13 heavy (non-hydrogen) atoms. The standard InChI is InChI=1S/C10H13FN2/c1-6-10-8(11)4-3-5-9(10)13-7(2)12-6/h8H,3-5H2,1-2H3. The first-order valence-electron chi connectivity index (χ1n) is 4.66. The van der Waals surface area contributed by atoms with Crippen LogP contribution >= 0.6 is 0 Å². The molecule has 0 saturated carbocycles. The predicted octanol–water partition coefficient (Wildman–Crippen LogP) is 2.44. The van der Waals surface area contributed by atoms with E-state index in [4.69, 9.17) is 0 Å². The van der Waals surface area contributed by atoms with E-state index in [1.807, 2.05) is 13.8 Å². The summed E-state index contributed by atoms with van der Waals surface area (Å²) in [4.78, 5) is 8.46. The molecule has 70 valence electrons. The first kappa shape index (κ1) is 8.60. The Balaban J connectivity index is 2.56. The van der Waals surface area contributed by atoms with Gasteiger partial charge in [-0.25, -0.2) is 14.4 Å². The third-order valence-corrected chi connectivity index (χ3v) is 2.51. The van der Waals surface area contributed by atoms with Gasteiger partial charge in [-0.15, -0.1) is 0 Å². The molecule has 1 atom stereocenters. The maximum atomic E-state index is 13.5. The molecular formula is C10H13FN2. The van der Waals surface area contributed by atoms with Crippen LogP contribution in [0.15, 0.2) is 0 Å². The van der Waals surface area contributed by atoms with Crippen molar-refractivity contribution in [2.45, 2.75) is 39.3 Å². The van der Waals surface area contributed by atoms with E-state index >= 15 is 0 Å². The number of aryl methyl sites for hydroxylation is 3. The van der Waals surface area contributed by atoms with E-state index in [1.165, 1.54) is 0 Å². The van der Waals surface area contributed by atoms with Crippen LogP contribution in [0.1, 0.15) is 41.8 Å². The largest absolute Gasteiger partial charge is 0.242 e. The minimum absolute atomic E-state index is 0.625. The molecule has 1 aliphatic carbocycles. The molecule has 0 N–H and O–H groups in total. The number of fused-ring (bicyclic) bond motifs is 1. The average molecular weight is 180 g/mol. The Morgan fingerprint density at radius 2 is 2.08 bits per heavy atom. The van der Waals surface area contributed by atoms with Crippen molar-refractivity contribution in [3.63, 3.8) is 0 Å². The monoisotopic (exact) mass is 180 g/mol. The Morgan fingerprint density at radius 1 is 1.31 bits per heavy atom. The number of halogens is 1. The van der Waals surface area contributed by atoms with Crippen LogP contribution in [-0.4, -0.2) is 9.97 Å². The first-order chi connectivity index (χ1) is 6.18. The summed E-state index contributed by atoms with van der Waals surface area (Å²) in [6.45, 7) is 3.72. The van der Waals surface area contributed by atoms with E-state index in [9.17, 15) is 4.39 Å². The zero-order valence-electron chi connectivity index (χ0n) is 7.97. The van der Waals surface area contributed by atoms with Crippen LogP contribution in [0.4, 0.5) is 4.39 Å². The number of hydrogen-bond acceptors (Lipinski definition) is 2. The predicted molar refractivity (Wildman–Crippen MR) is 48.3 cm³/mol. The summed E-state index contributed by atoms with van der Waals surface area (Å²) in [7, 11) is 0. The van der Waals surface area contributed by atoms with E-state index in [2.05, 4.69) is 9.97 Å². The highest BCUT2D eigenvalue weighted by Crippen LogP contribution is 2.32. The number of nitrogens with zero attached hydrogens (tertiary/aromatic N) is 2. The van der Waals surface area contributed by atoms with Crippen molar-refractivity contribution < 1.29 is 4.39 Å². The van der Waals surface area contributed by atoms with Crippen molar-refractivity contribution >= 4 is 0 Å². The van der Waals surface area contributed by atoms with Crippen LogP contribution < -0.4 is 0 Å². The van der Waals surface area contributed by atoms with Gasteiger partial charge in [0.15, 0.2) is 0 Å². The molecule has 3 heteroatoms. The number of aromatic nitrogens is 2. The van der Waals surface area contributed by atoms with Crippen molar-refractivity contribution in [3.8, 4) is 0 Å². The van der Waals surface area contributed by atoms with Crippen LogP contribution in [0, 0.1) is 13.8 Å². The first-order valence-corrected chi connectivity index (χ1v) is 4.66. The van der Waals surface area contributed by atoms with Crippen LogP contribution in [0.2, 0.25) is 0 Å². The van der Waals surface area contributed by atoms with Gasteiger partial charge in [-0.2, -0.15) is 0 Å². The summed E-state index contributed by atoms with van der Waals surface area (Å²) >= 11 is 0. The normalized spacial score (nSPS) is 21.3. The molecule has 1 aromatic rings. The molecule has 0 spiro atoms. The molecule has 2 rings (SSSR count). The summed E-state index contributed by atoms with van der Waals surface area (Å²) < 4.78 is 13.5. The van der Waals surface area contributed by atoms with Gasteiger partial charge in [0.25, 0.3) is 0 Å². The molecule has 0 amide bonds. The summed E-state index contributed by atoms with van der Waals surface area (Å²) in [5.41, 5.74) is 2.48. The number of rotatable bonds is 0. The summed E-state index contributed by atoms with van der Waals surface area (Å²) in [6.07, 6.45) is 1.59. The highest BCUT2D eigenvalue weighted by molar-refractivity contribution is 5.29. The third kappa shape index (κ3) is 1.43. The zero-order valence-corrected chi connectivity index (χ0v) is 7.97. The molecule has 0 aromatic carbocycles. The summed E-state index contributed by atoms with van der Waals surface area (Å²) in [6, 6.07) is 0. The number of alkyl halides is 1. The topological polar surface area (TPSA) is 25.8 Å². The zero-order chi connectivity index (χ0) is 9.42. The SMILES string of the molecule is Cc1nc(C)c2c(n1)CCCC2F. The molecular weight excluding hydrogens is 167 g/mol. The molecule has 1 aromatic heterocycles. The Hall–Kier alpha value is -0.990.